The molecule has 1 aliphatic rings. The molecule has 5 heteroatoms. The number of aliphatic hydroxyl groups excluding tert-OH is 1. The third-order valence-electron chi connectivity index (χ3n) is 3.92. The summed E-state index contributed by atoms with van der Waals surface area (Å²) in [5.41, 5.74) is 0.946. The summed E-state index contributed by atoms with van der Waals surface area (Å²) in [5.74, 6) is 0.395. The van der Waals surface area contributed by atoms with Crippen molar-refractivity contribution in [1.82, 2.24) is 20.3 Å². The standard InChI is InChI=1S/C14H26N4O/c1-14(2,3)18-9-12(16-17-18)8-15-13-7-5-4-6-11(13)10-19/h9,11,13,15,19H,4-8,10H2,1-3H3. The van der Waals surface area contributed by atoms with E-state index in [0.717, 1.165) is 25.1 Å². The Morgan fingerprint density at radius 3 is 2.74 bits per heavy atom. The molecule has 2 unspecified atom stereocenters. The molecule has 1 aromatic heterocycles. The van der Waals surface area contributed by atoms with E-state index in [4.69, 9.17) is 0 Å². The Balaban J connectivity index is 1.89. The van der Waals surface area contributed by atoms with Gasteiger partial charge in [-0.2, -0.15) is 0 Å². The summed E-state index contributed by atoms with van der Waals surface area (Å²) >= 11 is 0. The first-order valence-electron chi connectivity index (χ1n) is 7.26. The van der Waals surface area contributed by atoms with Gasteiger partial charge in [0.05, 0.1) is 17.4 Å². The van der Waals surface area contributed by atoms with Crippen molar-refractivity contribution in [3.8, 4) is 0 Å². The van der Waals surface area contributed by atoms with Gasteiger partial charge in [0.15, 0.2) is 0 Å². The van der Waals surface area contributed by atoms with Crippen molar-refractivity contribution in [2.45, 2.75) is 64.6 Å². The van der Waals surface area contributed by atoms with Crippen LogP contribution in [-0.4, -0.2) is 32.7 Å². The van der Waals surface area contributed by atoms with E-state index >= 15 is 0 Å². The van der Waals surface area contributed by atoms with Crippen LogP contribution in [0.3, 0.4) is 0 Å². The van der Waals surface area contributed by atoms with Crippen molar-refractivity contribution in [2.24, 2.45) is 5.92 Å². The van der Waals surface area contributed by atoms with Crippen molar-refractivity contribution in [1.29, 1.82) is 0 Å². The number of hydrogen-bond donors (Lipinski definition) is 2. The second kappa shape index (κ2) is 6.01. The molecule has 0 aliphatic heterocycles. The van der Waals surface area contributed by atoms with Crippen LogP contribution in [0.25, 0.3) is 0 Å². The van der Waals surface area contributed by atoms with Gasteiger partial charge in [-0.1, -0.05) is 18.1 Å². The maximum atomic E-state index is 9.40. The zero-order valence-corrected chi connectivity index (χ0v) is 12.3. The summed E-state index contributed by atoms with van der Waals surface area (Å²) in [7, 11) is 0. The van der Waals surface area contributed by atoms with Crippen LogP contribution in [0.1, 0.15) is 52.1 Å². The zero-order chi connectivity index (χ0) is 13.9. The largest absolute Gasteiger partial charge is 0.396 e. The van der Waals surface area contributed by atoms with Crippen LogP contribution in [0, 0.1) is 5.92 Å². The molecule has 0 amide bonds. The molecule has 19 heavy (non-hydrogen) atoms. The minimum Gasteiger partial charge on any atom is -0.396 e. The van der Waals surface area contributed by atoms with Crippen LogP contribution in [0.4, 0.5) is 0 Å². The minimum absolute atomic E-state index is 0.0241. The summed E-state index contributed by atoms with van der Waals surface area (Å²) < 4.78 is 1.90. The smallest absolute Gasteiger partial charge is 0.0965 e. The summed E-state index contributed by atoms with van der Waals surface area (Å²) in [6.45, 7) is 7.36. The van der Waals surface area contributed by atoms with E-state index in [1.165, 1.54) is 12.8 Å². The van der Waals surface area contributed by atoms with Gasteiger partial charge in [-0.3, -0.25) is 0 Å². The number of nitrogens with one attached hydrogen (secondary N) is 1. The predicted octanol–water partition coefficient (Wildman–Crippen LogP) is 1.67. The Labute approximate surface area is 115 Å². The van der Waals surface area contributed by atoms with Gasteiger partial charge in [-0.15, -0.1) is 5.10 Å². The first-order chi connectivity index (χ1) is 9.00. The predicted molar refractivity (Wildman–Crippen MR) is 74.7 cm³/mol. The average molecular weight is 266 g/mol. The molecule has 1 aromatic rings. The van der Waals surface area contributed by atoms with Crippen LogP contribution in [0.15, 0.2) is 6.20 Å². The molecule has 2 N–H and O–H groups in total. The molecule has 0 spiro atoms. The molecule has 1 fully saturated rings. The van der Waals surface area contributed by atoms with Crippen molar-refractivity contribution < 1.29 is 5.11 Å². The third-order valence-corrected chi connectivity index (χ3v) is 3.92. The second-order valence-electron chi connectivity index (χ2n) is 6.54. The van der Waals surface area contributed by atoms with Gasteiger partial charge in [-0.25, -0.2) is 4.68 Å². The number of aliphatic hydroxyl groups is 1. The molecule has 1 saturated carbocycles. The van der Waals surface area contributed by atoms with Crippen molar-refractivity contribution in [3.63, 3.8) is 0 Å². The molecule has 1 aliphatic carbocycles. The van der Waals surface area contributed by atoms with Gasteiger partial charge >= 0.3 is 0 Å². The van der Waals surface area contributed by atoms with Crippen LogP contribution in [0.2, 0.25) is 0 Å². The van der Waals surface area contributed by atoms with Gasteiger partial charge in [-0.05, 0) is 39.5 Å². The Hall–Kier alpha value is -0.940. The Bertz CT molecular complexity index is 396. The van der Waals surface area contributed by atoms with E-state index in [1.807, 2.05) is 10.9 Å². The van der Waals surface area contributed by atoms with Crippen LogP contribution < -0.4 is 5.32 Å². The summed E-state index contributed by atoms with van der Waals surface area (Å²) in [5, 5.41) is 21.3. The molecule has 0 saturated heterocycles. The number of nitrogens with zero attached hydrogens (tertiary/aromatic N) is 3. The molecule has 1 heterocycles. The van der Waals surface area contributed by atoms with Gasteiger partial charge in [0, 0.05) is 19.2 Å². The molecule has 108 valence electrons. The van der Waals surface area contributed by atoms with Gasteiger partial charge in [0.25, 0.3) is 0 Å². The lowest BCUT2D eigenvalue weighted by atomic mass is 9.85. The topological polar surface area (TPSA) is 63.0 Å². The van der Waals surface area contributed by atoms with E-state index in [2.05, 4.69) is 36.4 Å². The Kier molecular flexibility index (Phi) is 4.58. The molecule has 2 atom stereocenters. The Morgan fingerprint density at radius 1 is 1.37 bits per heavy atom. The zero-order valence-electron chi connectivity index (χ0n) is 12.3. The highest BCUT2D eigenvalue weighted by Gasteiger charge is 2.24. The van der Waals surface area contributed by atoms with Crippen LogP contribution in [-0.2, 0) is 12.1 Å². The van der Waals surface area contributed by atoms with E-state index in [9.17, 15) is 5.11 Å². The lowest BCUT2D eigenvalue weighted by molar-refractivity contribution is 0.152. The van der Waals surface area contributed by atoms with Crippen molar-refractivity contribution >= 4 is 0 Å². The molecule has 0 radical (unpaired) electrons. The minimum atomic E-state index is -0.0241. The molecule has 0 aromatic carbocycles. The molecular weight excluding hydrogens is 240 g/mol. The van der Waals surface area contributed by atoms with Gasteiger partial charge < -0.3 is 10.4 Å². The molecule has 5 nitrogen and oxygen atoms in total. The normalized spacial score (nSPS) is 24.6. The van der Waals surface area contributed by atoms with E-state index in [0.29, 0.717) is 12.0 Å². The van der Waals surface area contributed by atoms with Crippen LogP contribution >= 0.6 is 0 Å². The summed E-state index contributed by atoms with van der Waals surface area (Å²) in [4.78, 5) is 0. The maximum Gasteiger partial charge on any atom is 0.0965 e. The quantitative estimate of drug-likeness (QED) is 0.870. The molecular formula is C14H26N4O. The molecule has 2 rings (SSSR count). The van der Waals surface area contributed by atoms with Gasteiger partial charge in [0.1, 0.15) is 0 Å². The highest BCUT2D eigenvalue weighted by Crippen LogP contribution is 2.24. The highest BCUT2D eigenvalue weighted by molar-refractivity contribution is 4.95. The van der Waals surface area contributed by atoms with E-state index < -0.39 is 0 Å². The van der Waals surface area contributed by atoms with Crippen molar-refractivity contribution in [2.75, 3.05) is 6.61 Å². The van der Waals surface area contributed by atoms with Crippen LogP contribution in [0.5, 0.6) is 0 Å². The lowest BCUT2D eigenvalue weighted by Crippen LogP contribution is -2.39. The average Bonchev–Trinajstić information content (AvgIpc) is 2.85. The number of rotatable bonds is 4. The fourth-order valence-corrected chi connectivity index (χ4v) is 2.64. The maximum absolute atomic E-state index is 9.40. The monoisotopic (exact) mass is 266 g/mol. The van der Waals surface area contributed by atoms with E-state index in [1.54, 1.807) is 0 Å². The number of hydrogen-bond acceptors (Lipinski definition) is 4. The lowest BCUT2D eigenvalue weighted by Gasteiger charge is -2.30. The molecule has 0 bridgehead atoms. The number of aromatic nitrogens is 3. The fourth-order valence-electron chi connectivity index (χ4n) is 2.64. The highest BCUT2D eigenvalue weighted by atomic mass is 16.3. The third kappa shape index (κ3) is 3.76. The van der Waals surface area contributed by atoms with Crippen molar-refractivity contribution in [3.05, 3.63) is 11.9 Å². The fraction of sp³-hybridized carbons (Fsp3) is 0.857. The summed E-state index contributed by atoms with van der Waals surface area (Å²) in [6, 6.07) is 0.415. The second-order valence-corrected chi connectivity index (χ2v) is 6.54. The first-order valence-corrected chi connectivity index (χ1v) is 7.26. The summed E-state index contributed by atoms with van der Waals surface area (Å²) in [6.07, 6.45) is 6.78. The SMILES string of the molecule is CC(C)(C)n1cc(CNC2CCCCC2CO)nn1. The Morgan fingerprint density at radius 2 is 2.11 bits per heavy atom. The first kappa shape index (κ1) is 14.5. The van der Waals surface area contributed by atoms with Gasteiger partial charge in [0.2, 0.25) is 0 Å². The van der Waals surface area contributed by atoms with E-state index in [-0.39, 0.29) is 12.1 Å².